The second kappa shape index (κ2) is 2.85. The molecule has 2 heteroatoms. The summed E-state index contributed by atoms with van der Waals surface area (Å²) in [5, 5.41) is 0. The zero-order valence-electron chi connectivity index (χ0n) is 6.61. The quantitative estimate of drug-likeness (QED) is 0.557. The van der Waals surface area contributed by atoms with Crippen molar-refractivity contribution < 1.29 is 8.78 Å². The highest BCUT2D eigenvalue weighted by molar-refractivity contribution is 5.33. The lowest BCUT2D eigenvalue weighted by Crippen LogP contribution is -2.06. The fourth-order valence-corrected chi connectivity index (χ4v) is 1.61. The van der Waals surface area contributed by atoms with Crippen molar-refractivity contribution in [1.29, 1.82) is 0 Å². The first-order valence-corrected chi connectivity index (χ1v) is 4.06. The van der Waals surface area contributed by atoms with Crippen LogP contribution < -0.4 is 0 Å². The van der Waals surface area contributed by atoms with E-state index < -0.39 is 11.6 Å². The van der Waals surface area contributed by atoms with Crippen molar-refractivity contribution in [3.8, 4) is 0 Å². The van der Waals surface area contributed by atoms with Crippen molar-refractivity contribution >= 4 is 0 Å². The molecule has 0 saturated carbocycles. The molecule has 0 N–H and O–H groups in total. The summed E-state index contributed by atoms with van der Waals surface area (Å²) in [6.45, 7) is 0. The van der Waals surface area contributed by atoms with E-state index in [0.29, 0.717) is 12.0 Å². The van der Waals surface area contributed by atoms with Crippen molar-refractivity contribution in [1.82, 2.24) is 0 Å². The Balaban J connectivity index is 2.53. The lowest BCUT2D eigenvalue weighted by Gasteiger charge is -2.15. The topological polar surface area (TPSA) is 0 Å². The summed E-state index contributed by atoms with van der Waals surface area (Å²) in [5.74, 6) is -0.867. The first-order chi connectivity index (χ1) is 5.77. The van der Waals surface area contributed by atoms with Gasteiger partial charge in [-0.25, -0.2) is 8.78 Å². The first-order valence-electron chi connectivity index (χ1n) is 4.06. The van der Waals surface area contributed by atoms with Gasteiger partial charge in [-0.3, -0.25) is 0 Å². The lowest BCUT2D eigenvalue weighted by molar-refractivity contribution is 0.563. The molecule has 0 aromatic heterocycles. The van der Waals surface area contributed by atoms with Gasteiger partial charge >= 0.3 is 0 Å². The Labute approximate surface area is 70.2 Å². The predicted molar refractivity (Wildman–Crippen MR) is 42.7 cm³/mol. The maximum Gasteiger partial charge on any atom is 0.129 e. The van der Waals surface area contributed by atoms with Gasteiger partial charge in [-0.2, -0.15) is 0 Å². The zero-order chi connectivity index (χ0) is 8.55. The van der Waals surface area contributed by atoms with Crippen molar-refractivity contribution in [2.24, 2.45) is 0 Å². The van der Waals surface area contributed by atoms with Crippen LogP contribution >= 0.6 is 0 Å². The number of benzene rings is 1. The van der Waals surface area contributed by atoms with Gasteiger partial charge in [0.25, 0.3) is 0 Å². The Hall–Kier alpha value is -0.920. The Morgan fingerprint density at radius 2 is 2.00 bits per heavy atom. The molecule has 12 heavy (non-hydrogen) atoms. The van der Waals surface area contributed by atoms with E-state index in [-0.39, 0.29) is 0 Å². The smallest absolute Gasteiger partial charge is 0.129 e. The second-order valence-electron chi connectivity index (χ2n) is 3.06. The maximum atomic E-state index is 13.1. The van der Waals surface area contributed by atoms with Crippen LogP contribution in [0.1, 0.15) is 17.5 Å². The van der Waals surface area contributed by atoms with Gasteiger partial charge in [0, 0.05) is 6.07 Å². The molecule has 2 rings (SSSR count). The summed E-state index contributed by atoms with van der Waals surface area (Å²) in [6.07, 6.45) is 4.37. The summed E-state index contributed by atoms with van der Waals surface area (Å²) < 4.78 is 25.8. The molecular weight excluding hydrogens is 158 g/mol. The monoisotopic (exact) mass is 167 g/mol. The van der Waals surface area contributed by atoms with Gasteiger partial charge in [0.1, 0.15) is 11.6 Å². The number of fused-ring (bicyclic) bond motifs is 1. The van der Waals surface area contributed by atoms with E-state index in [1.807, 2.05) is 6.42 Å². The van der Waals surface area contributed by atoms with Gasteiger partial charge in [0.05, 0.1) is 0 Å². The Morgan fingerprint density at radius 3 is 2.83 bits per heavy atom. The third kappa shape index (κ3) is 1.22. The predicted octanol–water partition coefficient (Wildman–Crippen LogP) is 2.66. The lowest BCUT2D eigenvalue weighted by atomic mass is 9.91. The van der Waals surface area contributed by atoms with Gasteiger partial charge in [0.2, 0.25) is 0 Å². The molecule has 1 aromatic carbocycles. The van der Waals surface area contributed by atoms with Crippen molar-refractivity contribution in [2.45, 2.75) is 19.3 Å². The fourth-order valence-electron chi connectivity index (χ4n) is 1.61. The van der Waals surface area contributed by atoms with Crippen LogP contribution in [0, 0.1) is 18.1 Å². The summed E-state index contributed by atoms with van der Waals surface area (Å²) in [4.78, 5) is 0. The Bertz CT molecular complexity index is 305. The van der Waals surface area contributed by atoms with Crippen LogP contribution in [0.15, 0.2) is 12.1 Å². The van der Waals surface area contributed by atoms with E-state index >= 15 is 0 Å². The first kappa shape index (κ1) is 7.71. The van der Waals surface area contributed by atoms with Gasteiger partial charge in [-0.05, 0) is 42.9 Å². The molecule has 0 bridgehead atoms. The van der Waals surface area contributed by atoms with Crippen LogP contribution in [0.2, 0.25) is 0 Å². The SMILES string of the molecule is Fc1cc(F)c2c(c1)CC[CH]C2. The van der Waals surface area contributed by atoms with Crippen LogP contribution in [0.5, 0.6) is 0 Å². The molecule has 1 aromatic rings. The summed E-state index contributed by atoms with van der Waals surface area (Å²) in [6, 6.07) is 2.39. The van der Waals surface area contributed by atoms with E-state index in [4.69, 9.17) is 0 Å². The molecule has 0 heterocycles. The molecule has 1 aliphatic carbocycles. The number of halogens is 2. The van der Waals surface area contributed by atoms with Crippen LogP contribution in [0.3, 0.4) is 0 Å². The summed E-state index contributed by atoms with van der Waals surface area (Å²) in [5.41, 5.74) is 1.50. The number of hydrogen-bond acceptors (Lipinski definition) is 0. The van der Waals surface area contributed by atoms with Crippen molar-refractivity contribution in [2.75, 3.05) is 0 Å². The number of rotatable bonds is 0. The molecule has 0 unspecified atom stereocenters. The fraction of sp³-hybridized carbons (Fsp3) is 0.300. The number of hydrogen-bond donors (Lipinski definition) is 0. The molecule has 0 aliphatic heterocycles. The third-order valence-electron chi connectivity index (χ3n) is 2.22. The molecule has 0 amide bonds. The summed E-state index contributed by atoms with van der Waals surface area (Å²) in [7, 11) is 0. The molecule has 0 fully saturated rings. The molecule has 1 aliphatic rings. The van der Waals surface area contributed by atoms with E-state index in [9.17, 15) is 8.78 Å². The maximum absolute atomic E-state index is 13.1. The van der Waals surface area contributed by atoms with Crippen molar-refractivity contribution in [3.05, 3.63) is 41.3 Å². The van der Waals surface area contributed by atoms with E-state index in [2.05, 4.69) is 0 Å². The highest BCUT2D eigenvalue weighted by Gasteiger charge is 2.14. The van der Waals surface area contributed by atoms with Gasteiger partial charge in [0.15, 0.2) is 0 Å². The standard InChI is InChI=1S/C10H9F2/c11-8-5-7-3-1-2-4-9(7)10(12)6-8/h2,5-6H,1,3-4H2. The van der Waals surface area contributed by atoms with Crippen molar-refractivity contribution in [3.63, 3.8) is 0 Å². The second-order valence-corrected chi connectivity index (χ2v) is 3.06. The zero-order valence-corrected chi connectivity index (χ0v) is 6.61. The molecule has 0 spiro atoms. The Morgan fingerprint density at radius 1 is 1.17 bits per heavy atom. The third-order valence-corrected chi connectivity index (χ3v) is 2.22. The molecule has 0 atom stereocenters. The van der Waals surface area contributed by atoms with Gasteiger partial charge < -0.3 is 0 Å². The van der Waals surface area contributed by atoms with Crippen LogP contribution in [0.4, 0.5) is 8.78 Å². The molecular formula is C10H9F2. The van der Waals surface area contributed by atoms with E-state index in [0.717, 1.165) is 24.5 Å². The highest BCUT2D eigenvalue weighted by atomic mass is 19.1. The van der Waals surface area contributed by atoms with Gasteiger partial charge in [-0.1, -0.05) is 0 Å². The normalized spacial score (nSPS) is 15.8. The molecule has 1 radical (unpaired) electrons. The average Bonchev–Trinajstić information content (AvgIpc) is 2.04. The van der Waals surface area contributed by atoms with Gasteiger partial charge in [-0.15, -0.1) is 0 Å². The Kier molecular flexibility index (Phi) is 1.83. The van der Waals surface area contributed by atoms with Crippen LogP contribution in [-0.2, 0) is 12.8 Å². The molecule has 0 nitrogen and oxygen atoms in total. The number of aryl methyl sites for hydroxylation is 1. The minimum absolute atomic E-state index is 0.402. The largest absolute Gasteiger partial charge is 0.207 e. The molecule has 63 valence electrons. The minimum Gasteiger partial charge on any atom is -0.207 e. The highest BCUT2D eigenvalue weighted by Crippen LogP contribution is 2.23. The molecule has 0 saturated heterocycles. The summed E-state index contributed by atoms with van der Waals surface area (Å²) >= 11 is 0. The van der Waals surface area contributed by atoms with E-state index in [1.54, 1.807) is 0 Å². The minimum atomic E-state index is -0.465. The van der Waals surface area contributed by atoms with E-state index in [1.165, 1.54) is 6.07 Å². The average molecular weight is 167 g/mol. The van der Waals surface area contributed by atoms with Crippen LogP contribution in [0.25, 0.3) is 0 Å². The van der Waals surface area contributed by atoms with Crippen LogP contribution in [-0.4, -0.2) is 0 Å².